The van der Waals surface area contributed by atoms with Crippen molar-refractivity contribution in [3.8, 4) is 0 Å². The number of aromatic nitrogens is 1. The first kappa shape index (κ1) is 17.3. The lowest BCUT2D eigenvalue weighted by Crippen LogP contribution is -1.97. The van der Waals surface area contributed by atoms with Crippen molar-refractivity contribution in [2.45, 2.75) is 6.54 Å². The standard InChI is InChI=1S/C24H18ClNO/c25-21-13-10-19(11-14-21)24(27)15-12-20-17-26(16-18-6-2-1-3-7-18)23-9-5-4-8-22(20)23/h1-15,17H,16H2. The lowest BCUT2D eigenvalue weighted by Gasteiger charge is -2.05. The van der Waals surface area contributed by atoms with Gasteiger partial charge in [0.25, 0.3) is 0 Å². The molecule has 0 fully saturated rings. The van der Waals surface area contributed by atoms with Crippen molar-refractivity contribution >= 4 is 34.4 Å². The van der Waals surface area contributed by atoms with Crippen molar-refractivity contribution in [1.29, 1.82) is 0 Å². The van der Waals surface area contributed by atoms with Crippen LogP contribution in [0.2, 0.25) is 5.02 Å². The van der Waals surface area contributed by atoms with Gasteiger partial charge in [0, 0.05) is 39.8 Å². The second-order valence-electron chi connectivity index (χ2n) is 6.42. The Hall–Kier alpha value is -3.10. The fourth-order valence-electron chi connectivity index (χ4n) is 3.19. The van der Waals surface area contributed by atoms with E-state index in [0.29, 0.717) is 10.6 Å². The van der Waals surface area contributed by atoms with Gasteiger partial charge < -0.3 is 4.57 Å². The first-order valence-electron chi connectivity index (χ1n) is 8.80. The zero-order chi connectivity index (χ0) is 18.6. The quantitative estimate of drug-likeness (QED) is 0.300. The molecule has 0 saturated carbocycles. The Morgan fingerprint density at radius 2 is 1.59 bits per heavy atom. The molecule has 0 atom stereocenters. The molecule has 0 saturated heterocycles. The smallest absolute Gasteiger partial charge is 0.185 e. The van der Waals surface area contributed by atoms with Crippen LogP contribution in [0.5, 0.6) is 0 Å². The Labute approximate surface area is 163 Å². The summed E-state index contributed by atoms with van der Waals surface area (Å²) in [5.41, 5.74) is 4.05. The van der Waals surface area contributed by atoms with E-state index >= 15 is 0 Å². The van der Waals surface area contributed by atoms with Crippen LogP contribution in [0.15, 0.2) is 91.1 Å². The molecule has 0 bridgehead atoms. The van der Waals surface area contributed by atoms with Gasteiger partial charge in [-0.05, 0) is 48.0 Å². The molecule has 0 aliphatic heterocycles. The summed E-state index contributed by atoms with van der Waals surface area (Å²) in [6, 6.07) is 25.6. The molecule has 0 amide bonds. The molecule has 0 aliphatic rings. The Balaban J connectivity index is 1.65. The minimum atomic E-state index is -0.0356. The number of benzene rings is 3. The molecule has 2 nitrogen and oxygen atoms in total. The minimum Gasteiger partial charge on any atom is -0.342 e. The topological polar surface area (TPSA) is 22.0 Å². The molecular formula is C24H18ClNO. The van der Waals surface area contributed by atoms with Crippen LogP contribution in [-0.4, -0.2) is 10.4 Å². The van der Waals surface area contributed by atoms with Gasteiger partial charge in [0.2, 0.25) is 0 Å². The third-order valence-electron chi connectivity index (χ3n) is 4.56. The van der Waals surface area contributed by atoms with Crippen molar-refractivity contribution in [1.82, 2.24) is 4.57 Å². The van der Waals surface area contributed by atoms with E-state index in [1.54, 1.807) is 30.3 Å². The molecule has 0 aliphatic carbocycles. The molecule has 4 aromatic rings. The van der Waals surface area contributed by atoms with E-state index in [9.17, 15) is 4.79 Å². The van der Waals surface area contributed by atoms with Crippen molar-refractivity contribution < 1.29 is 4.79 Å². The summed E-state index contributed by atoms with van der Waals surface area (Å²) >= 11 is 5.89. The number of halogens is 1. The number of allylic oxidation sites excluding steroid dienone is 1. The normalized spacial score (nSPS) is 11.3. The van der Waals surface area contributed by atoms with E-state index in [2.05, 4.69) is 35.0 Å². The molecule has 4 rings (SSSR count). The van der Waals surface area contributed by atoms with E-state index in [-0.39, 0.29) is 5.78 Å². The summed E-state index contributed by atoms with van der Waals surface area (Å²) in [6.07, 6.45) is 5.61. The first-order valence-corrected chi connectivity index (χ1v) is 9.18. The molecule has 1 aromatic heterocycles. The van der Waals surface area contributed by atoms with Gasteiger partial charge in [0.15, 0.2) is 5.78 Å². The van der Waals surface area contributed by atoms with Crippen molar-refractivity contribution in [2.24, 2.45) is 0 Å². The number of nitrogens with zero attached hydrogens (tertiary/aromatic N) is 1. The Bertz CT molecular complexity index is 1110. The van der Waals surface area contributed by atoms with Gasteiger partial charge in [-0.1, -0.05) is 60.1 Å². The highest BCUT2D eigenvalue weighted by Crippen LogP contribution is 2.24. The molecule has 132 valence electrons. The molecule has 1 heterocycles. The summed E-state index contributed by atoms with van der Waals surface area (Å²) in [5.74, 6) is -0.0356. The van der Waals surface area contributed by atoms with Crippen molar-refractivity contribution in [3.05, 3.63) is 113 Å². The highest BCUT2D eigenvalue weighted by molar-refractivity contribution is 6.30. The number of carbonyl (C=O) groups excluding carboxylic acids is 1. The number of para-hydroxylation sites is 1. The molecule has 0 spiro atoms. The van der Waals surface area contributed by atoms with Crippen LogP contribution in [-0.2, 0) is 6.54 Å². The van der Waals surface area contributed by atoms with Crippen LogP contribution < -0.4 is 0 Å². The molecule has 0 unspecified atom stereocenters. The lowest BCUT2D eigenvalue weighted by molar-refractivity contribution is 0.104. The number of hydrogen-bond donors (Lipinski definition) is 0. The van der Waals surface area contributed by atoms with E-state index in [1.165, 1.54) is 5.56 Å². The third kappa shape index (κ3) is 3.86. The average molecular weight is 372 g/mol. The molecular weight excluding hydrogens is 354 g/mol. The number of ketones is 1. The second-order valence-corrected chi connectivity index (χ2v) is 6.86. The fraction of sp³-hybridized carbons (Fsp3) is 0.0417. The van der Waals surface area contributed by atoms with Crippen molar-refractivity contribution in [2.75, 3.05) is 0 Å². The third-order valence-corrected chi connectivity index (χ3v) is 4.81. The van der Waals surface area contributed by atoms with E-state index in [4.69, 9.17) is 11.6 Å². The van der Waals surface area contributed by atoms with Gasteiger partial charge >= 0.3 is 0 Å². The highest BCUT2D eigenvalue weighted by Gasteiger charge is 2.08. The summed E-state index contributed by atoms with van der Waals surface area (Å²) in [5, 5.41) is 1.76. The summed E-state index contributed by atoms with van der Waals surface area (Å²) in [4.78, 5) is 12.4. The maximum absolute atomic E-state index is 12.4. The fourth-order valence-corrected chi connectivity index (χ4v) is 3.32. The summed E-state index contributed by atoms with van der Waals surface area (Å²) in [7, 11) is 0. The summed E-state index contributed by atoms with van der Waals surface area (Å²) < 4.78 is 2.22. The average Bonchev–Trinajstić information content (AvgIpc) is 3.05. The van der Waals surface area contributed by atoms with Crippen LogP contribution in [0, 0.1) is 0 Å². The van der Waals surface area contributed by atoms with Gasteiger partial charge in [-0.25, -0.2) is 0 Å². The number of carbonyl (C=O) groups is 1. The summed E-state index contributed by atoms with van der Waals surface area (Å²) in [6.45, 7) is 0.792. The van der Waals surface area contributed by atoms with Gasteiger partial charge in [-0.2, -0.15) is 0 Å². The number of rotatable bonds is 5. The van der Waals surface area contributed by atoms with Crippen LogP contribution in [0.25, 0.3) is 17.0 Å². The molecule has 0 radical (unpaired) electrons. The van der Waals surface area contributed by atoms with E-state index in [0.717, 1.165) is 23.0 Å². The Morgan fingerprint density at radius 3 is 2.37 bits per heavy atom. The van der Waals surface area contributed by atoms with E-state index in [1.807, 2.05) is 36.4 Å². The maximum Gasteiger partial charge on any atom is 0.185 e. The second kappa shape index (κ2) is 7.65. The van der Waals surface area contributed by atoms with Crippen LogP contribution in [0.1, 0.15) is 21.5 Å². The Kier molecular flexibility index (Phi) is 4.91. The zero-order valence-electron chi connectivity index (χ0n) is 14.7. The minimum absolute atomic E-state index is 0.0356. The Morgan fingerprint density at radius 1 is 0.889 bits per heavy atom. The number of hydrogen-bond acceptors (Lipinski definition) is 1. The zero-order valence-corrected chi connectivity index (χ0v) is 15.4. The van der Waals surface area contributed by atoms with Crippen LogP contribution in [0.3, 0.4) is 0 Å². The largest absolute Gasteiger partial charge is 0.342 e. The van der Waals surface area contributed by atoms with Crippen LogP contribution >= 0.6 is 11.6 Å². The maximum atomic E-state index is 12.4. The predicted molar refractivity (Wildman–Crippen MR) is 112 cm³/mol. The first-order chi connectivity index (χ1) is 13.2. The molecule has 3 heteroatoms. The monoisotopic (exact) mass is 371 g/mol. The number of fused-ring (bicyclic) bond motifs is 1. The van der Waals surface area contributed by atoms with Gasteiger partial charge in [-0.3, -0.25) is 4.79 Å². The predicted octanol–water partition coefficient (Wildman–Crippen LogP) is 6.24. The van der Waals surface area contributed by atoms with Gasteiger partial charge in [-0.15, -0.1) is 0 Å². The SMILES string of the molecule is O=C(C=Cc1cn(Cc2ccccc2)c2ccccc12)c1ccc(Cl)cc1. The molecule has 3 aromatic carbocycles. The lowest BCUT2D eigenvalue weighted by atomic mass is 10.1. The molecule has 27 heavy (non-hydrogen) atoms. The van der Waals surface area contributed by atoms with Gasteiger partial charge in [0.1, 0.15) is 0 Å². The van der Waals surface area contributed by atoms with E-state index < -0.39 is 0 Å². The molecule has 0 N–H and O–H groups in total. The van der Waals surface area contributed by atoms with Gasteiger partial charge in [0.05, 0.1) is 0 Å². The van der Waals surface area contributed by atoms with Crippen LogP contribution in [0.4, 0.5) is 0 Å². The highest BCUT2D eigenvalue weighted by atomic mass is 35.5. The van der Waals surface area contributed by atoms with Crippen molar-refractivity contribution in [3.63, 3.8) is 0 Å².